The maximum absolute atomic E-state index is 12.6. The van der Waals surface area contributed by atoms with Crippen molar-refractivity contribution in [2.45, 2.75) is 45.7 Å². The summed E-state index contributed by atoms with van der Waals surface area (Å²) in [5, 5.41) is 2.96. The minimum atomic E-state index is -0.166. The standard InChI is InChI=1S/C23H30N2O3/c1-4-28-22-15-19(10-13-21(22)27-3)23(26)24-20-11-8-18(9-12-20)16-25-14-6-5-7-17(25)2/h8-13,15,17H,4-7,14,16H2,1-3H3,(H,24,26). The topological polar surface area (TPSA) is 50.8 Å². The van der Waals surface area contributed by atoms with Crippen molar-refractivity contribution in [2.75, 3.05) is 25.6 Å². The first-order chi connectivity index (χ1) is 13.6. The van der Waals surface area contributed by atoms with Gasteiger partial charge in [-0.15, -0.1) is 0 Å². The van der Waals surface area contributed by atoms with Gasteiger partial charge in [-0.1, -0.05) is 18.6 Å². The molecule has 1 amide bonds. The monoisotopic (exact) mass is 382 g/mol. The summed E-state index contributed by atoms with van der Waals surface area (Å²) in [4.78, 5) is 15.1. The van der Waals surface area contributed by atoms with Gasteiger partial charge in [0.25, 0.3) is 5.91 Å². The molecule has 28 heavy (non-hydrogen) atoms. The van der Waals surface area contributed by atoms with Crippen LogP contribution in [0.25, 0.3) is 0 Å². The lowest BCUT2D eigenvalue weighted by Crippen LogP contribution is -2.36. The van der Waals surface area contributed by atoms with Gasteiger partial charge in [0.05, 0.1) is 13.7 Å². The summed E-state index contributed by atoms with van der Waals surface area (Å²) in [5.74, 6) is 1.03. The number of nitrogens with one attached hydrogen (secondary N) is 1. The van der Waals surface area contributed by atoms with Crippen molar-refractivity contribution in [3.8, 4) is 11.5 Å². The Kier molecular flexibility index (Phi) is 6.93. The normalized spacial score (nSPS) is 17.2. The Bertz CT molecular complexity index is 789. The molecule has 1 aliphatic heterocycles. The van der Waals surface area contributed by atoms with Gasteiger partial charge in [0.1, 0.15) is 0 Å². The SMILES string of the molecule is CCOc1cc(C(=O)Nc2ccc(CN3CCCCC3C)cc2)ccc1OC. The average molecular weight is 383 g/mol. The summed E-state index contributed by atoms with van der Waals surface area (Å²) in [6.07, 6.45) is 3.89. The quantitative estimate of drug-likeness (QED) is 0.753. The van der Waals surface area contributed by atoms with Crippen LogP contribution >= 0.6 is 0 Å². The van der Waals surface area contributed by atoms with Gasteiger partial charge < -0.3 is 14.8 Å². The van der Waals surface area contributed by atoms with Crippen molar-refractivity contribution in [3.05, 3.63) is 53.6 Å². The predicted octanol–water partition coefficient (Wildman–Crippen LogP) is 4.72. The lowest BCUT2D eigenvalue weighted by atomic mass is 10.0. The number of hydrogen-bond acceptors (Lipinski definition) is 4. The lowest BCUT2D eigenvalue weighted by Gasteiger charge is -2.33. The molecule has 0 saturated carbocycles. The zero-order valence-corrected chi connectivity index (χ0v) is 17.0. The maximum atomic E-state index is 12.6. The molecule has 0 radical (unpaired) electrons. The summed E-state index contributed by atoms with van der Waals surface area (Å²) in [6.45, 7) is 6.85. The second-order valence-electron chi connectivity index (χ2n) is 7.26. The maximum Gasteiger partial charge on any atom is 0.255 e. The third-order valence-electron chi connectivity index (χ3n) is 5.26. The van der Waals surface area contributed by atoms with Crippen LogP contribution < -0.4 is 14.8 Å². The lowest BCUT2D eigenvalue weighted by molar-refractivity contribution is 0.102. The number of ether oxygens (including phenoxy) is 2. The highest BCUT2D eigenvalue weighted by Gasteiger charge is 2.18. The molecule has 1 saturated heterocycles. The molecule has 5 heteroatoms. The molecule has 1 fully saturated rings. The number of nitrogens with zero attached hydrogens (tertiary/aromatic N) is 1. The first kappa shape index (κ1) is 20.2. The molecule has 3 rings (SSSR count). The second kappa shape index (κ2) is 9.60. The molecule has 2 aromatic carbocycles. The fourth-order valence-electron chi connectivity index (χ4n) is 3.61. The molecule has 150 valence electrons. The van der Waals surface area contributed by atoms with Crippen molar-refractivity contribution >= 4 is 11.6 Å². The highest BCUT2D eigenvalue weighted by molar-refractivity contribution is 6.04. The van der Waals surface area contributed by atoms with Crippen molar-refractivity contribution in [1.29, 1.82) is 0 Å². The van der Waals surface area contributed by atoms with Crippen molar-refractivity contribution in [3.63, 3.8) is 0 Å². The zero-order chi connectivity index (χ0) is 19.9. The van der Waals surface area contributed by atoms with E-state index in [1.807, 2.05) is 19.1 Å². The number of methoxy groups -OCH3 is 1. The van der Waals surface area contributed by atoms with Gasteiger partial charge in [0, 0.05) is 23.8 Å². The largest absolute Gasteiger partial charge is 0.493 e. The predicted molar refractivity (Wildman–Crippen MR) is 112 cm³/mol. The van der Waals surface area contributed by atoms with Crippen LogP contribution in [0, 0.1) is 0 Å². The third kappa shape index (κ3) is 5.04. The van der Waals surface area contributed by atoms with Gasteiger partial charge in [-0.2, -0.15) is 0 Å². The number of piperidine rings is 1. The third-order valence-corrected chi connectivity index (χ3v) is 5.26. The Balaban J connectivity index is 1.63. The van der Waals surface area contributed by atoms with E-state index < -0.39 is 0 Å². The molecule has 0 spiro atoms. The average Bonchev–Trinajstić information content (AvgIpc) is 2.71. The summed E-state index contributed by atoms with van der Waals surface area (Å²) in [7, 11) is 1.59. The molecular weight excluding hydrogens is 352 g/mol. The Morgan fingerprint density at radius 2 is 1.93 bits per heavy atom. The number of benzene rings is 2. The summed E-state index contributed by atoms with van der Waals surface area (Å²) >= 11 is 0. The first-order valence-electron chi connectivity index (χ1n) is 10.1. The summed E-state index contributed by atoms with van der Waals surface area (Å²) < 4.78 is 10.8. The van der Waals surface area contributed by atoms with Crippen LogP contribution in [0.1, 0.15) is 49.0 Å². The number of carbonyl (C=O) groups excluding carboxylic acids is 1. The molecule has 1 N–H and O–H groups in total. The number of rotatable bonds is 7. The fourth-order valence-corrected chi connectivity index (χ4v) is 3.61. The van der Waals surface area contributed by atoms with Crippen LogP contribution in [0.15, 0.2) is 42.5 Å². The zero-order valence-electron chi connectivity index (χ0n) is 17.0. The van der Waals surface area contributed by atoms with Gasteiger partial charge in [0.2, 0.25) is 0 Å². The molecule has 1 atom stereocenters. The van der Waals surface area contributed by atoms with E-state index in [2.05, 4.69) is 29.3 Å². The van der Waals surface area contributed by atoms with Gasteiger partial charge in [-0.25, -0.2) is 0 Å². The molecule has 5 nitrogen and oxygen atoms in total. The number of hydrogen-bond donors (Lipinski definition) is 1. The number of likely N-dealkylation sites (tertiary alicyclic amines) is 1. The van der Waals surface area contributed by atoms with E-state index in [0.717, 1.165) is 12.2 Å². The Morgan fingerprint density at radius 1 is 1.14 bits per heavy atom. The van der Waals surface area contributed by atoms with Gasteiger partial charge in [0.15, 0.2) is 11.5 Å². The number of carbonyl (C=O) groups is 1. The van der Waals surface area contributed by atoms with E-state index >= 15 is 0 Å². The number of amides is 1. The highest BCUT2D eigenvalue weighted by Crippen LogP contribution is 2.28. The minimum absolute atomic E-state index is 0.166. The fraction of sp³-hybridized carbons (Fsp3) is 0.435. The van der Waals surface area contributed by atoms with E-state index in [1.165, 1.54) is 31.4 Å². The van der Waals surface area contributed by atoms with E-state index in [-0.39, 0.29) is 5.91 Å². The van der Waals surface area contributed by atoms with Crippen LogP contribution in [0.2, 0.25) is 0 Å². The Labute approximate surface area is 167 Å². The van der Waals surface area contributed by atoms with Crippen LogP contribution in [0.4, 0.5) is 5.69 Å². The van der Waals surface area contributed by atoms with Crippen molar-refractivity contribution < 1.29 is 14.3 Å². The smallest absolute Gasteiger partial charge is 0.255 e. The van der Waals surface area contributed by atoms with Crippen molar-refractivity contribution in [2.24, 2.45) is 0 Å². The molecular formula is C23H30N2O3. The first-order valence-corrected chi connectivity index (χ1v) is 10.1. The van der Waals surface area contributed by atoms with Crippen molar-refractivity contribution in [1.82, 2.24) is 4.90 Å². The highest BCUT2D eigenvalue weighted by atomic mass is 16.5. The van der Waals surface area contributed by atoms with Crippen LogP contribution in [-0.4, -0.2) is 37.1 Å². The van der Waals surface area contributed by atoms with Crippen LogP contribution in [0.3, 0.4) is 0 Å². The molecule has 1 heterocycles. The molecule has 2 aromatic rings. The second-order valence-corrected chi connectivity index (χ2v) is 7.26. The molecule has 0 bridgehead atoms. The minimum Gasteiger partial charge on any atom is -0.493 e. The Hall–Kier alpha value is -2.53. The Morgan fingerprint density at radius 3 is 2.61 bits per heavy atom. The van der Waals surface area contributed by atoms with E-state index in [9.17, 15) is 4.79 Å². The molecule has 1 aliphatic rings. The van der Waals surface area contributed by atoms with Crippen LogP contribution in [0.5, 0.6) is 11.5 Å². The number of anilines is 1. The van der Waals surface area contributed by atoms with E-state index in [0.29, 0.717) is 29.7 Å². The molecule has 1 unspecified atom stereocenters. The van der Waals surface area contributed by atoms with E-state index in [1.54, 1.807) is 25.3 Å². The molecule has 0 aromatic heterocycles. The molecule has 0 aliphatic carbocycles. The van der Waals surface area contributed by atoms with Gasteiger partial charge in [-0.3, -0.25) is 9.69 Å². The summed E-state index contributed by atoms with van der Waals surface area (Å²) in [5.41, 5.74) is 2.60. The summed E-state index contributed by atoms with van der Waals surface area (Å²) in [6, 6.07) is 14.0. The van der Waals surface area contributed by atoms with Gasteiger partial charge >= 0.3 is 0 Å². The van der Waals surface area contributed by atoms with Crippen LogP contribution in [-0.2, 0) is 6.54 Å². The van der Waals surface area contributed by atoms with E-state index in [4.69, 9.17) is 9.47 Å². The van der Waals surface area contributed by atoms with Gasteiger partial charge in [-0.05, 0) is 69.1 Å².